The van der Waals surface area contributed by atoms with Gasteiger partial charge in [0.05, 0.1) is 0 Å². The maximum atomic E-state index is 12.0. The van der Waals surface area contributed by atoms with Crippen molar-refractivity contribution in [2.24, 2.45) is 5.92 Å². The number of amides is 2. The third-order valence-corrected chi connectivity index (χ3v) is 3.40. The summed E-state index contributed by atoms with van der Waals surface area (Å²) in [4.78, 5) is 24.0. The van der Waals surface area contributed by atoms with Gasteiger partial charge in [-0.15, -0.1) is 0 Å². The van der Waals surface area contributed by atoms with E-state index < -0.39 is 6.04 Å². The minimum atomic E-state index is -0.439. The molecule has 2 N–H and O–H groups in total. The largest absolute Gasteiger partial charge is 0.339 e. The number of nitrogens with one attached hydrogen (secondary N) is 2. The van der Waals surface area contributed by atoms with Crippen LogP contribution in [0.3, 0.4) is 0 Å². The van der Waals surface area contributed by atoms with E-state index in [9.17, 15) is 9.59 Å². The summed E-state index contributed by atoms with van der Waals surface area (Å²) in [6, 6.07) is 9.00. The lowest BCUT2D eigenvalue weighted by molar-refractivity contribution is -0.132. The SMILES string of the molecule is CC[C@H](C)[C@H]1NC(=O)/C(=C\c2ccccc2)NC1=O. The normalized spacial score (nSPS) is 22.8. The fraction of sp³-hybridized carbons (Fsp3) is 0.333. The Kier molecular flexibility index (Phi) is 4.00. The summed E-state index contributed by atoms with van der Waals surface area (Å²) < 4.78 is 0. The van der Waals surface area contributed by atoms with Crippen LogP contribution in [0.2, 0.25) is 0 Å². The zero-order valence-corrected chi connectivity index (χ0v) is 11.1. The summed E-state index contributed by atoms with van der Waals surface area (Å²) >= 11 is 0. The number of benzene rings is 1. The van der Waals surface area contributed by atoms with Gasteiger partial charge in [0.1, 0.15) is 11.7 Å². The highest BCUT2D eigenvalue weighted by Gasteiger charge is 2.32. The van der Waals surface area contributed by atoms with Gasteiger partial charge in [-0.3, -0.25) is 9.59 Å². The fourth-order valence-corrected chi connectivity index (χ4v) is 2.01. The fourth-order valence-electron chi connectivity index (χ4n) is 2.01. The van der Waals surface area contributed by atoms with E-state index in [1.807, 2.05) is 44.2 Å². The number of hydrogen-bond acceptors (Lipinski definition) is 2. The van der Waals surface area contributed by atoms with Crippen molar-refractivity contribution in [2.45, 2.75) is 26.3 Å². The van der Waals surface area contributed by atoms with Crippen LogP contribution in [0.1, 0.15) is 25.8 Å². The number of rotatable bonds is 3. The first-order valence-electron chi connectivity index (χ1n) is 6.50. The van der Waals surface area contributed by atoms with Gasteiger partial charge in [-0.2, -0.15) is 0 Å². The van der Waals surface area contributed by atoms with E-state index in [1.165, 1.54) is 0 Å². The average Bonchev–Trinajstić information content (AvgIpc) is 2.43. The Bertz CT molecular complexity index is 508. The minimum Gasteiger partial charge on any atom is -0.339 e. The summed E-state index contributed by atoms with van der Waals surface area (Å²) in [6.07, 6.45) is 2.52. The van der Waals surface area contributed by atoms with Crippen LogP contribution in [-0.4, -0.2) is 17.9 Å². The number of carbonyl (C=O) groups excluding carboxylic acids is 2. The first-order chi connectivity index (χ1) is 9.11. The van der Waals surface area contributed by atoms with Crippen molar-refractivity contribution in [1.82, 2.24) is 10.6 Å². The summed E-state index contributed by atoms with van der Waals surface area (Å²) in [5.74, 6) is -0.243. The van der Waals surface area contributed by atoms with Crippen molar-refractivity contribution in [3.63, 3.8) is 0 Å². The van der Waals surface area contributed by atoms with Gasteiger partial charge in [0.25, 0.3) is 5.91 Å². The molecule has 1 heterocycles. The van der Waals surface area contributed by atoms with E-state index in [0.29, 0.717) is 5.70 Å². The maximum absolute atomic E-state index is 12.0. The van der Waals surface area contributed by atoms with Gasteiger partial charge >= 0.3 is 0 Å². The molecule has 0 spiro atoms. The van der Waals surface area contributed by atoms with Crippen LogP contribution >= 0.6 is 0 Å². The van der Waals surface area contributed by atoms with E-state index >= 15 is 0 Å². The molecule has 0 aromatic heterocycles. The van der Waals surface area contributed by atoms with E-state index in [2.05, 4.69) is 10.6 Å². The molecule has 1 fully saturated rings. The molecule has 0 unspecified atom stereocenters. The Labute approximate surface area is 112 Å². The lowest BCUT2D eigenvalue weighted by Crippen LogP contribution is -2.57. The van der Waals surface area contributed by atoms with Crippen LogP contribution in [-0.2, 0) is 9.59 Å². The van der Waals surface area contributed by atoms with Crippen molar-refractivity contribution >= 4 is 17.9 Å². The molecule has 100 valence electrons. The van der Waals surface area contributed by atoms with Crippen LogP contribution in [0, 0.1) is 5.92 Å². The molecule has 2 atom stereocenters. The number of piperazine rings is 1. The van der Waals surface area contributed by atoms with E-state index in [-0.39, 0.29) is 17.7 Å². The third kappa shape index (κ3) is 3.02. The van der Waals surface area contributed by atoms with Gasteiger partial charge in [0.2, 0.25) is 5.91 Å². The summed E-state index contributed by atoms with van der Waals surface area (Å²) in [6.45, 7) is 3.95. The van der Waals surface area contributed by atoms with Crippen LogP contribution in [0.25, 0.3) is 6.08 Å². The molecular formula is C15H18N2O2. The van der Waals surface area contributed by atoms with E-state index in [4.69, 9.17) is 0 Å². The Morgan fingerprint density at radius 2 is 1.95 bits per heavy atom. The van der Waals surface area contributed by atoms with Crippen molar-refractivity contribution in [1.29, 1.82) is 0 Å². The molecule has 1 aromatic carbocycles. The zero-order chi connectivity index (χ0) is 13.8. The molecule has 1 aromatic rings. The second kappa shape index (κ2) is 5.69. The van der Waals surface area contributed by atoms with Gasteiger partial charge in [-0.1, -0.05) is 50.6 Å². The first-order valence-corrected chi connectivity index (χ1v) is 6.50. The second-order valence-corrected chi connectivity index (χ2v) is 4.79. The van der Waals surface area contributed by atoms with Crippen molar-refractivity contribution in [3.05, 3.63) is 41.6 Å². The third-order valence-electron chi connectivity index (χ3n) is 3.40. The predicted octanol–water partition coefficient (Wildman–Crippen LogP) is 1.69. The van der Waals surface area contributed by atoms with Crippen LogP contribution in [0.15, 0.2) is 36.0 Å². The molecule has 1 aliphatic rings. The molecule has 4 heteroatoms. The zero-order valence-electron chi connectivity index (χ0n) is 11.1. The molecule has 1 saturated heterocycles. The molecule has 0 saturated carbocycles. The maximum Gasteiger partial charge on any atom is 0.268 e. The quantitative estimate of drug-likeness (QED) is 0.811. The number of hydrogen-bond donors (Lipinski definition) is 2. The Morgan fingerprint density at radius 3 is 2.58 bits per heavy atom. The van der Waals surface area contributed by atoms with Crippen LogP contribution < -0.4 is 10.6 Å². The van der Waals surface area contributed by atoms with Crippen molar-refractivity contribution < 1.29 is 9.59 Å². The summed E-state index contributed by atoms with van der Waals surface area (Å²) in [7, 11) is 0. The highest BCUT2D eigenvalue weighted by atomic mass is 16.2. The second-order valence-electron chi connectivity index (χ2n) is 4.79. The standard InChI is InChI=1S/C15H18N2O2/c1-3-10(2)13-15(19)16-12(14(18)17-13)9-11-7-5-4-6-8-11/h4-10,13H,3H2,1-2H3,(H,16,19)(H,17,18)/b12-9+/t10-,13+/m0/s1. The van der Waals surface area contributed by atoms with E-state index in [0.717, 1.165) is 12.0 Å². The Hall–Kier alpha value is -2.10. The average molecular weight is 258 g/mol. The summed E-state index contributed by atoms with van der Waals surface area (Å²) in [5, 5.41) is 5.46. The Balaban J connectivity index is 2.17. The van der Waals surface area contributed by atoms with Gasteiger partial charge in [-0.25, -0.2) is 0 Å². The smallest absolute Gasteiger partial charge is 0.268 e. The minimum absolute atomic E-state index is 0.127. The highest BCUT2D eigenvalue weighted by Crippen LogP contribution is 2.14. The highest BCUT2D eigenvalue weighted by molar-refractivity contribution is 6.07. The predicted molar refractivity (Wildman–Crippen MR) is 73.9 cm³/mol. The summed E-state index contributed by atoms with van der Waals surface area (Å²) in [5.41, 5.74) is 1.19. The molecule has 19 heavy (non-hydrogen) atoms. The molecular weight excluding hydrogens is 240 g/mol. The van der Waals surface area contributed by atoms with Gasteiger partial charge in [-0.05, 0) is 17.6 Å². The Morgan fingerprint density at radius 1 is 1.26 bits per heavy atom. The molecule has 0 aliphatic carbocycles. The van der Waals surface area contributed by atoms with Gasteiger partial charge in [0.15, 0.2) is 0 Å². The van der Waals surface area contributed by atoms with Gasteiger partial charge in [0, 0.05) is 0 Å². The lowest BCUT2D eigenvalue weighted by Gasteiger charge is -2.28. The first kappa shape index (κ1) is 13.3. The molecule has 0 radical (unpaired) electrons. The van der Waals surface area contributed by atoms with Crippen LogP contribution in [0.5, 0.6) is 0 Å². The number of carbonyl (C=O) groups is 2. The monoisotopic (exact) mass is 258 g/mol. The molecule has 0 bridgehead atoms. The topological polar surface area (TPSA) is 58.2 Å². The van der Waals surface area contributed by atoms with Crippen molar-refractivity contribution in [2.75, 3.05) is 0 Å². The molecule has 2 amide bonds. The molecule has 4 nitrogen and oxygen atoms in total. The molecule has 2 rings (SSSR count). The lowest BCUT2D eigenvalue weighted by atomic mass is 9.96. The van der Waals surface area contributed by atoms with Crippen LogP contribution in [0.4, 0.5) is 0 Å². The molecule has 1 aliphatic heterocycles. The van der Waals surface area contributed by atoms with E-state index in [1.54, 1.807) is 6.08 Å². The van der Waals surface area contributed by atoms with Crippen molar-refractivity contribution in [3.8, 4) is 0 Å². The van der Waals surface area contributed by atoms with Gasteiger partial charge < -0.3 is 10.6 Å².